The van der Waals surface area contributed by atoms with Gasteiger partial charge in [-0.05, 0) is 0 Å². The van der Waals surface area contributed by atoms with E-state index < -0.39 is 5.56 Å². The van der Waals surface area contributed by atoms with E-state index in [-0.39, 0.29) is 71.9 Å². The maximum absolute atomic E-state index is 11.4. The number of hydrogen-bond donors (Lipinski definition) is 2. The third-order valence-electron chi connectivity index (χ3n) is 1.95. The van der Waals surface area contributed by atoms with Crippen LogP contribution in [0.4, 0.5) is 5.95 Å². The minimum absolute atomic E-state index is 0. The van der Waals surface area contributed by atoms with Gasteiger partial charge in [-0.1, -0.05) is 0 Å². The Morgan fingerprint density at radius 3 is 2.79 bits per heavy atom. The van der Waals surface area contributed by atoms with Crippen LogP contribution in [-0.4, -0.2) is 43.7 Å². The molecule has 0 fully saturated rings. The Morgan fingerprint density at radius 1 is 1.47 bits per heavy atom. The molecule has 7 N–H and O–H groups in total. The predicted molar refractivity (Wildman–Crippen MR) is 60.6 cm³/mol. The second-order valence-corrected chi connectivity index (χ2v) is 3.08. The summed E-state index contributed by atoms with van der Waals surface area (Å²) in [5.41, 5.74) is 5.55. The van der Waals surface area contributed by atoms with Crippen LogP contribution in [0.15, 0.2) is 11.1 Å². The van der Waals surface area contributed by atoms with E-state index in [1.807, 2.05) is 0 Å². The average Bonchev–Trinajstić information content (AvgIpc) is 2.62. The van der Waals surface area contributed by atoms with E-state index in [9.17, 15) is 9.90 Å². The van der Waals surface area contributed by atoms with Crippen LogP contribution in [0.5, 0.6) is 0 Å². The first kappa shape index (κ1) is 20.3. The van der Waals surface area contributed by atoms with Crippen LogP contribution in [-0.2, 0) is 11.5 Å². The normalized spacial score (nSPS) is 9.32. The molecule has 0 unspecified atom stereocenters. The molecular formula is C8H14N5NaO5. The standard InChI is InChI=1S/C8H10N5O3.Na.2H2O/c9-8-11-6-5(7(15)12-8)10-3-13(6)4-16-2-1-14;;;/h3H,1-2,4H2,(H3,9,11,12,15);;2*1H2/q-1;+1;;. The Labute approximate surface area is 129 Å². The van der Waals surface area contributed by atoms with Crippen molar-refractivity contribution in [1.82, 2.24) is 19.5 Å². The fourth-order valence-electron chi connectivity index (χ4n) is 1.29. The summed E-state index contributed by atoms with van der Waals surface area (Å²) in [4.78, 5) is 21.6. The fourth-order valence-corrected chi connectivity index (χ4v) is 1.29. The molecule has 0 atom stereocenters. The van der Waals surface area contributed by atoms with Gasteiger partial charge in [0.05, 0.1) is 6.33 Å². The van der Waals surface area contributed by atoms with Gasteiger partial charge in [0.15, 0.2) is 11.2 Å². The molecule has 2 aromatic heterocycles. The zero-order valence-corrected chi connectivity index (χ0v) is 12.3. The maximum Gasteiger partial charge on any atom is 1.00 e. The second-order valence-electron chi connectivity index (χ2n) is 3.08. The number of nitrogens with zero attached hydrogens (tertiary/aromatic N) is 3. The third kappa shape index (κ3) is 4.54. The molecule has 0 aliphatic carbocycles. The SMILES string of the molecule is Nc1nc2c(ncn2COCC[O-])c(=O)[nH]1.O.O.[Na+]. The first-order valence-corrected chi connectivity index (χ1v) is 4.59. The molecule has 0 saturated carbocycles. The van der Waals surface area contributed by atoms with Gasteiger partial charge in [-0.15, -0.1) is 6.61 Å². The number of hydrogen-bond acceptors (Lipinski definition) is 6. The van der Waals surface area contributed by atoms with Gasteiger partial charge >= 0.3 is 29.6 Å². The van der Waals surface area contributed by atoms with Crippen molar-refractivity contribution in [2.24, 2.45) is 0 Å². The first-order valence-electron chi connectivity index (χ1n) is 4.59. The molecule has 10 nitrogen and oxygen atoms in total. The van der Waals surface area contributed by atoms with E-state index in [4.69, 9.17) is 10.5 Å². The van der Waals surface area contributed by atoms with Crippen LogP contribution in [0, 0.1) is 0 Å². The number of aromatic nitrogens is 4. The number of anilines is 1. The number of nitrogens with two attached hydrogens (primary N) is 1. The molecule has 0 radical (unpaired) electrons. The molecule has 0 amide bonds. The summed E-state index contributed by atoms with van der Waals surface area (Å²) < 4.78 is 6.54. The van der Waals surface area contributed by atoms with E-state index in [1.54, 1.807) is 0 Å². The van der Waals surface area contributed by atoms with Gasteiger partial charge in [0.25, 0.3) is 5.56 Å². The van der Waals surface area contributed by atoms with Crippen molar-refractivity contribution in [3.05, 3.63) is 16.7 Å². The molecule has 2 rings (SSSR count). The van der Waals surface area contributed by atoms with Gasteiger partial charge in [0.1, 0.15) is 6.73 Å². The number of nitrogen functional groups attached to an aromatic ring is 1. The van der Waals surface area contributed by atoms with Crippen LogP contribution in [0.1, 0.15) is 0 Å². The average molecular weight is 283 g/mol. The van der Waals surface area contributed by atoms with E-state index >= 15 is 0 Å². The van der Waals surface area contributed by atoms with Gasteiger partial charge in [0, 0.05) is 6.61 Å². The molecule has 0 aliphatic heterocycles. The van der Waals surface area contributed by atoms with E-state index in [0.717, 1.165) is 0 Å². The largest absolute Gasteiger partial charge is 1.00 e. The Kier molecular flexibility index (Phi) is 9.60. The minimum atomic E-state index is -0.398. The summed E-state index contributed by atoms with van der Waals surface area (Å²) in [6.07, 6.45) is 1.41. The summed E-state index contributed by atoms with van der Waals surface area (Å²) in [6, 6.07) is 0. The van der Waals surface area contributed by atoms with Crippen molar-refractivity contribution in [3.8, 4) is 0 Å². The third-order valence-corrected chi connectivity index (χ3v) is 1.95. The number of rotatable bonds is 4. The van der Waals surface area contributed by atoms with Gasteiger partial charge < -0.3 is 26.5 Å². The number of H-pyrrole nitrogens is 1. The molecule has 19 heavy (non-hydrogen) atoms. The van der Waals surface area contributed by atoms with Crippen molar-refractivity contribution in [3.63, 3.8) is 0 Å². The summed E-state index contributed by atoms with van der Waals surface area (Å²) in [5, 5.41) is 10.2. The summed E-state index contributed by atoms with van der Waals surface area (Å²) in [6.45, 7) is -0.101. The molecule has 11 heteroatoms. The summed E-state index contributed by atoms with van der Waals surface area (Å²) in [7, 11) is 0. The molecule has 0 aromatic carbocycles. The van der Waals surface area contributed by atoms with Crippen LogP contribution in [0.2, 0.25) is 0 Å². The van der Waals surface area contributed by atoms with Gasteiger partial charge in [0.2, 0.25) is 5.95 Å². The zero-order valence-electron chi connectivity index (χ0n) is 10.3. The van der Waals surface area contributed by atoms with E-state index in [2.05, 4.69) is 15.0 Å². The molecule has 0 aliphatic rings. The summed E-state index contributed by atoms with van der Waals surface area (Å²) in [5.74, 6) is 0.0167. The number of aromatic amines is 1. The smallest absolute Gasteiger partial charge is 0.853 e. The minimum Gasteiger partial charge on any atom is -0.853 e. The van der Waals surface area contributed by atoms with E-state index in [1.165, 1.54) is 10.9 Å². The van der Waals surface area contributed by atoms with Crippen molar-refractivity contribution in [2.45, 2.75) is 6.73 Å². The molecule has 0 bridgehead atoms. The molecule has 2 heterocycles. The Bertz CT molecular complexity index is 556. The molecule has 0 spiro atoms. The monoisotopic (exact) mass is 283 g/mol. The number of imidazole rings is 1. The van der Waals surface area contributed by atoms with Crippen molar-refractivity contribution < 1.29 is 50.4 Å². The van der Waals surface area contributed by atoms with Gasteiger partial charge in [-0.3, -0.25) is 14.3 Å². The summed E-state index contributed by atoms with van der Waals surface area (Å²) >= 11 is 0. The Balaban J connectivity index is 0. The van der Waals surface area contributed by atoms with Crippen LogP contribution >= 0.6 is 0 Å². The quantitative estimate of drug-likeness (QED) is 0.414. The maximum atomic E-state index is 11.4. The zero-order chi connectivity index (χ0) is 11.5. The van der Waals surface area contributed by atoms with Crippen LogP contribution in [0.25, 0.3) is 11.2 Å². The Hall–Kier alpha value is -1.01. The van der Waals surface area contributed by atoms with Crippen LogP contribution < -0.4 is 46.0 Å². The number of fused-ring (bicyclic) bond motifs is 1. The number of ether oxygens (including phenoxy) is 1. The van der Waals surface area contributed by atoms with Gasteiger partial charge in [-0.25, -0.2) is 4.98 Å². The van der Waals surface area contributed by atoms with Crippen molar-refractivity contribution in [1.29, 1.82) is 0 Å². The first-order chi connectivity index (χ1) is 7.72. The molecule has 102 valence electrons. The topological polar surface area (TPSA) is 185 Å². The number of nitrogens with one attached hydrogen (secondary N) is 1. The van der Waals surface area contributed by atoms with Crippen molar-refractivity contribution >= 4 is 17.1 Å². The predicted octanol–water partition coefficient (Wildman–Crippen LogP) is -6.61. The van der Waals surface area contributed by atoms with Gasteiger partial charge in [-0.2, -0.15) is 4.98 Å². The molecular weight excluding hydrogens is 269 g/mol. The van der Waals surface area contributed by atoms with E-state index in [0.29, 0.717) is 5.65 Å². The van der Waals surface area contributed by atoms with Crippen molar-refractivity contribution in [2.75, 3.05) is 18.9 Å². The Morgan fingerprint density at radius 2 is 2.16 bits per heavy atom. The second kappa shape index (κ2) is 8.98. The fraction of sp³-hybridized carbons (Fsp3) is 0.375. The molecule has 2 aromatic rings. The van der Waals surface area contributed by atoms with Crippen LogP contribution in [0.3, 0.4) is 0 Å². The molecule has 0 saturated heterocycles.